The molecule has 1 N–H and O–H groups in total. The molecule has 1 aromatic rings. The first-order valence-electron chi connectivity index (χ1n) is 6.90. The van der Waals surface area contributed by atoms with E-state index in [-0.39, 0.29) is 12.4 Å². The molecular formula is C15H16F2N2O. The maximum Gasteiger partial charge on any atom is 0.162 e. The van der Waals surface area contributed by atoms with Gasteiger partial charge >= 0.3 is 0 Å². The van der Waals surface area contributed by atoms with Gasteiger partial charge in [0.2, 0.25) is 0 Å². The van der Waals surface area contributed by atoms with Crippen molar-refractivity contribution in [3.05, 3.63) is 29.8 Å². The molecule has 0 heterocycles. The van der Waals surface area contributed by atoms with Crippen molar-refractivity contribution in [1.82, 2.24) is 5.32 Å². The lowest BCUT2D eigenvalue weighted by Crippen LogP contribution is -2.52. The third-order valence-electron chi connectivity index (χ3n) is 3.87. The maximum absolute atomic E-state index is 13.1. The molecule has 2 aliphatic rings. The Hall–Kier alpha value is -1.67. The van der Waals surface area contributed by atoms with Crippen LogP contribution in [-0.2, 0) is 0 Å². The van der Waals surface area contributed by atoms with Gasteiger partial charge in [0.15, 0.2) is 11.6 Å². The number of nitrogens with one attached hydrogen (secondary N) is 1. The van der Waals surface area contributed by atoms with Crippen molar-refractivity contribution in [2.75, 3.05) is 6.61 Å². The van der Waals surface area contributed by atoms with Gasteiger partial charge in [0, 0.05) is 12.1 Å². The number of ether oxygens (including phenoxy) is 1. The zero-order chi connectivity index (χ0) is 14.2. The minimum absolute atomic E-state index is 0.162. The summed E-state index contributed by atoms with van der Waals surface area (Å²) in [5.41, 5.74) is -0.702. The van der Waals surface area contributed by atoms with Gasteiger partial charge in [0.25, 0.3) is 0 Å². The van der Waals surface area contributed by atoms with Gasteiger partial charge in [-0.05, 0) is 43.7 Å². The van der Waals surface area contributed by atoms with E-state index in [1.807, 2.05) is 0 Å². The summed E-state index contributed by atoms with van der Waals surface area (Å²) in [4.78, 5) is 0. The molecule has 1 atom stereocenters. The third kappa shape index (κ3) is 2.75. The number of nitrogens with zero attached hydrogens (tertiary/aromatic N) is 1. The van der Waals surface area contributed by atoms with Crippen LogP contribution >= 0.6 is 0 Å². The molecule has 0 aromatic heterocycles. The van der Waals surface area contributed by atoms with Gasteiger partial charge in [-0.2, -0.15) is 5.26 Å². The topological polar surface area (TPSA) is 45.0 Å². The van der Waals surface area contributed by atoms with Gasteiger partial charge in [-0.3, -0.25) is 5.32 Å². The molecule has 2 saturated carbocycles. The smallest absolute Gasteiger partial charge is 0.162 e. The second-order valence-corrected chi connectivity index (χ2v) is 5.64. The van der Waals surface area contributed by atoms with E-state index >= 15 is 0 Å². The highest BCUT2D eigenvalue weighted by Gasteiger charge is 2.49. The van der Waals surface area contributed by atoms with Crippen LogP contribution in [0.4, 0.5) is 8.78 Å². The molecule has 5 heteroatoms. The Balaban J connectivity index is 1.69. The number of rotatable bonds is 6. The molecule has 0 saturated heterocycles. The van der Waals surface area contributed by atoms with Crippen LogP contribution in [0.1, 0.15) is 25.7 Å². The summed E-state index contributed by atoms with van der Waals surface area (Å²) < 4.78 is 31.5. The fourth-order valence-corrected chi connectivity index (χ4v) is 2.37. The van der Waals surface area contributed by atoms with E-state index in [0.29, 0.717) is 12.0 Å². The Labute approximate surface area is 116 Å². The Morgan fingerprint density at radius 2 is 2.00 bits per heavy atom. The van der Waals surface area contributed by atoms with Crippen molar-refractivity contribution in [3.8, 4) is 11.8 Å². The van der Waals surface area contributed by atoms with Gasteiger partial charge in [-0.1, -0.05) is 0 Å². The number of hydrogen-bond acceptors (Lipinski definition) is 3. The molecule has 0 spiro atoms. The van der Waals surface area contributed by atoms with E-state index in [1.54, 1.807) is 0 Å². The number of hydrogen-bond donors (Lipinski definition) is 1. The van der Waals surface area contributed by atoms with E-state index in [0.717, 1.165) is 37.8 Å². The Morgan fingerprint density at radius 3 is 2.55 bits per heavy atom. The summed E-state index contributed by atoms with van der Waals surface area (Å²) in [7, 11) is 0. The largest absolute Gasteiger partial charge is 0.490 e. The Kier molecular flexibility index (Phi) is 3.35. The van der Waals surface area contributed by atoms with Crippen molar-refractivity contribution in [2.24, 2.45) is 5.92 Å². The second-order valence-electron chi connectivity index (χ2n) is 5.64. The van der Waals surface area contributed by atoms with Crippen LogP contribution < -0.4 is 10.1 Å². The first-order valence-corrected chi connectivity index (χ1v) is 6.90. The van der Waals surface area contributed by atoms with Crippen molar-refractivity contribution >= 4 is 0 Å². The summed E-state index contributed by atoms with van der Waals surface area (Å²) in [5, 5.41) is 12.9. The molecule has 2 aliphatic carbocycles. The van der Waals surface area contributed by atoms with Crippen LogP contribution in [0.25, 0.3) is 0 Å². The van der Waals surface area contributed by atoms with Crippen molar-refractivity contribution in [1.29, 1.82) is 5.26 Å². The van der Waals surface area contributed by atoms with Gasteiger partial charge in [0.1, 0.15) is 17.9 Å². The summed E-state index contributed by atoms with van der Waals surface area (Å²) in [5.74, 6) is -1.30. The maximum atomic E-state index is 13.1. The molecule has 0 aliphatic heterocycles. The molecule has 0 amide bonds. The van der Waals surface area contributed by atoms with Crippen LogP contribution in [0.5, 0.6) is 5.75 Å². The molecule has 2 fully saturated rings. The first-order chi connectivity index (χ1) is 9.63. The molecule has 106 valence electrons. The molecule has 0 bridgehead atoms. The SMILES string of the molecule is N#CC(COc1ccc(F)c(F)c1)(NC1CC1)C1CC1. The predicted molar refractivity (Wildman–Crippen MR) is 69.1 cm³/mol. The normalized spacial score (nSPS) is 21.1. The van der Waals surface area contributed by atoms with E-state index in [2.05, 4.69) is 11.4 Å². The molecule has 3 nitrogen and oxygen atoms in total. The highest BCUT2D eigenvalue weighted by atomic mass is 19.2. The van der Waals surface area contributed by atoms with Gasteiger partial charge < -0.3 is 4.74 Å². The fourth-order valence-electron chi connectivity index (χ4n) is 2.37. The van der Waals surface area contributed by atoms with Crippen LogP contribution in [0.2, 0.25) is 0 Å². The number of benzene rings is 1. The Bertz CT molecular complexity index is 549. The van der Waals surface area contributed by atoms with Crippen LogP contribution in [-0.4, -0.2) is 18.2 Å². The quantitative estimate of drug-likeness (QED) is 0.870. The lowest BCUT2D eigenvalue weighted by Gasteiger charge is -2.28. The highest BCUT2D eigenvalue weighted by molar-refractivity contribution is 5.25. The zero-order valence-corrected chi connectivity index (χ0v) is 11.0. The highest BCUT2D eigenvalue weighted by Crippen LogP contribution is 2.41. The van der Waals surface area contributed by atoms with Crippen molar-refractivity contribution in [2.45, 2.75) is 37.3 Å². The Morgan fingerprint density at radius 1 is 1.25 bits per heavy atom. The van der Waals surface area contributed by atoms with Gasteiger partial charge in [-0.25, -0.2) is 8.78 Å². The van der Waals surface area contributed by atoms with E-state index in [1.165, 1.54) is 6.07 Å². The molecule has 20 heavy (non-hydrogen) atoms. The first kappa shape index (κ1) is 13.3. The van der Waals surface area contributed by atoms with Crippen LogP contribution in [0.15, 0.2) is 18.2 Å². The summed E-state index contributed by atoms with van der Waals surface area (Å²) >= 11 is 0. The monoisotopic (exact) mass is 278 g/mol. The third-order valence-corrected chi connectivity index (χ3v) is 3.87. The van der Waals surface area contributed by atoms with E-state index in [9.17, 15) is 14.0 Å². The van der Waals surface area contributed by atoms with Crippen LogP contribution in [0, 0.1) is 28.9 Å². The fraction of sp³-hybridized carbons (Fsp3) is 0.533. The van der Waals surface area contributed by atoms with Crippen molar-refractivity contribution < 1.29 is 13.5 Å². The summed E-state index contributed by atoms with van der Waals surface area (Å²) in [6.45, 7) is 0.162. The molecular weight excluding hydrogens is 262 g/mol. The summed E-state index contributed by atoms with van der Waals surface area (Å²) in [6.07, 6.45) is 4.19. The lowest BCUT2D eigenvalue weighted by molar-refractivity contribution is 0.199. The lowest BCUT2D eigenvalue weighted by atomic mass is 9.96. The molecule has 3 rings (SSSR count). The molecule has 0 radical (unpaired) electrons. The molecule has 1 aromatic carbocycles. The second kappa shape index (κ2) is 5.02. The van der Waals surface area contributed by atoms with E-state index < -0.39 is 17.2 Å². The van der Waals surface area contributed by atoms with Crippen LogP contribution in [0.3, 0.4) is 0 Å². The number of nitriles is 1. The minimum atomic E-state index is -0.938. The molecule has 1 unspecified atom stereocenters. The average molecular weight is 278 g/mol. The number of halogens is 2. The van der Waals surface area contributed by atoms with Gasteiger partial charge in [0.05, 0.1) is 6.07 Å². The van der Waals surface area contributed by atoms with E-state index in [4.69, 9.17) is 4.74 Å². The average Bonchev–Trinajstić information content (AvgIpc) is 3.31. The van der Waals surface area contributed by atoms with Gasteiger partial charge in [-0.15, -0.1) is 0 Å². The minimum Gasteiger partial charge on any atom is -0.490 e. The van der Waals surface area contributed by atoms with Crippen molar-refractivity contribution in [3.63, 3.8) is 0 Å². The zero-order valence-electron chi connectivity index (χ0n) is 11.0. The predicted octanol–water partition coefficient (Wildman–Crippen LogP) is 2.77. The summed E-state index contributed by atoms with van der Waals surface area (Å²) in [6, 6.07) is 6.16. The standard InChI is InChI=1S/C15H16F2N2O/c16-13-6-5-12(7-14(13)17)20-9-15(8-18,10-1-2-10)19-11-3-4-11/h5-7,10-11,19H,1-4,9H2.